The summed E-state index contributed by atoms with van der Waals surface area (Å²) >= 11 is 1.55. The van der Waals surface area contributed by atoms with Crippen molar-refractivity contribution < 1.29 is 4.79 Å². The molecule has 1 aromatic heterocycles. The number of hydrogen-bond donors (Lipinski definition) is 0. The summed E-state index contributed by atoms with van der Waals surface area (Å²) in [5.74, 6) is 0.164. The van der Waals surface area contributed by atoms with Gasteiger partial charge in [0, 0.05) is 0 Å². The highest BCUT2D eigenvalue weighted by Crippen LogP contribution is 2.18. The number of aryl methyl sites for hydroxylation is 3. The SMILES string of the molecule is CC(=O)c1cc(CCc2ccccc2C)cs1. The van der Waals surface area contributed by atoms with E-state index in [-0.39, 0.29) is 5.78 Å². The standard InChI is InChI=1S/C15H16OS/c1-11-5-3-4-6-14(11)8-7-13-9-15(12(2)16)17-10-13/h3-6,9-10H,7-8H2,1-2H3. The molecule has 0 unspecified atom stereocenters. The number of hydrogen-bond acceptors (Lipinski definition) is 2. The van der Waals surface area contributed by atoms with Gasteiger partial charge in [-0.25, -0.2) is 0 Å². The summed E-state index contributed by atoms with van der Waals surface area (Å²) in [5, 5.41) is 2.09. The van der Waals surface area contributed by atoms with Crippen LogP contribution in [0, 0.1) is 6.92 Å². The van der Waals surface area contributed by atoms with Crippen molar-refractivity contribution in [3.63, 3.8) is 0 Å². The Labute approximate surface area is 106 Å². The number of carbonyl (C=O) groups excluding carboxylic acids is 1. The summed E-state index contributed by atoms with van der Waals surface area (Å²) in [5.41, 5.74) is 4.00. The molecule has 1 heterocycles. The second-order valence-corrected chi connectivity index (χ2v) is 5.21. The Hall–Kier alpha value is -1.41. The molecule has 0 fully saturated rings. The van der Waals surface area contributed by atoms with Crippen molar-refractivity contribution in [1.29, 1.82) is 0 Å². The Kier molecular flexibility index (Phi) is 3.75. The highest BCUT2D eigenvalue weighted by molar-refractivity contribution is 7.12. The largest absolute Gasteiger partial charge is 0.294 e. The van der Waals surface area contributed by atoms with Crippen LogP contribution in [-0.4, -0.2) is 5.78 Å². The Morgan fingerprint density at radius 1 is 1.24 bits per heavy atom. The van der Waals surface area contributed by atoms with E-state index in [2.05, 4.69) is 36.6 Å². The molecule has 0 saturated carbocycles. The van der Waals surface area contributed by atoms with E-state index >= 15 is 0 Å². The molecule has 1 nitrogen and oxygen atoms in total. The Bertz CT molecular complexity index is 525. The van der Waals surface area contributed by atoms with Gasteiger partial charge in [0.1, 0.15) is 0 Å². The smallest absolute Gasteiger partial charge is 0.169 e. The van der Waals surface area contributed by atoms with E-state index in [9.17, 15) is 4.79 Å². The highest BCUT2D eigenvalue weighted by atomic mass is 32.1. The summed E-state index contributed by atoms with van der Waals surface area (Å²) in [6, 6.07) is 10.5. The molecule has 17 heavy (non-hydrogen) atoms. The first kappa shape index (κ1) is 12.1. The zero-order valence-corrected chi connectivity index (χ0v) is 11.0. The molecule has 0 aliphatic rings. The summed E-state index contributed by atoms with van der Waals surface area (Å²) < 4.78 is 0. The van der Waals surface area contributed by atoms with Gasteiger partial charge >= 0.3 is 0 Å². The Morgan fingerprint density at radius 2 is 2.00 bits per heavy atom. The van der Waals surface area contributed by atoms with Crippen LogP contribution in [0.1, 0.15) is 33.3 Å². The maximum absolute atomic E-state index is 11.2. The van der Waals surface area contributed by atoms with Gasteiger partial charge in [-0.3, -0.25) is 4.79 Å². The predicted molar refractivity (Wildman–Crippen MR) is 72.9 cm³/mol. The third-order valence-electron chi connectivity index (χ3n) is 2.95. The van der Waals surface area contributed by atoms with Crippen molar-refractivity contribution in [2.24, 2.45) is 0 Å². The Morgan fingerprint density at radius 3 is 2.65 bits per heavy atom. The van der Waals surface area contributed by atoms with E-state index < -0.39 is 0 Å². The van der Waals surface area contributed by atoms with Crippen LogP contribution in [0.25, 0.3) is 0 Å². The second-order valence-electron chi connectivity index (χ2n) is 4.30. The lowest BCUT2D eigenvalue weighted by Gasteiger charge is -2.03. The normalized spacial score (nSPS) is 10.5. The van der Waals surface area contributed by atoms with Crippen LogP contribution >= 0.6 is 11.3 Å². The number of thiophene rings is 1. The van der Waals surface area contributed by atoms with Crippen LogP contribution in [0.15, 0.2) is 35.7 Å². The van der Waals surface area contributed by atoms with Gasteiger partial charge in [-0.15, -0.1) is 11.3 Å². The van der Waals surface area contributed by atoms with Gasteiger partial charge < -0.3 is 0 Å². The van der Waals surface area contributed by atoms with E-state index in [4.69, 9.17) is 0 Å². The van der Waals surface area contributed by atoms with Crippen LogP contribution in [0.2, 0.25) is 0 Å². The van der Waals surface area contributed by atoms with Gasteiger partial charge in [0.2, 0.25) is 0 Å². The number of carbonyl (C=O) groups is 1. The second kappa shape index (κ2) is 5.28. The average Bonchev–Trinajstić information content (AvgIpc) is 2.77. The van der Waals surface area contributed by atoms with Crippen molar-refractivity contribution in [2.75, 3.05) is 0 Å². The maximum atomic E-state index is 11.2. The molecule has 0 atom stereocenters. The van der Waals surface area contributed by atoms with Crippen molar-refractivity contribution in [3.05, 3.63) is 57.3 Å². The van der Waals surface area contributed by atoms with Crippen LogP contribution in [0.4, 0.5) is 0 Å². The Balaban J connectivity index is 2.02. The molecule has 0 N–H and O–H groups in total. The fraction of sp³-hybridized carbons (Fsp3) is 0.267. The first-order chi connectivity index (χ1) is 8.16. The lowest BCUT2D eigenvalue weighted by Crippen LogP contribution is -1.93. The van der Waals surface area contributed by atoms with E-state index in [0.717, 1.165) is 17.7 Å². The fourth-order valence-electron chi connectivity index (χ4n) is 1.86. The molecular weight excluding hydrogens is 228 g/mol. The van der Waals surface area contributed by atoms with Crippen molar-refractivity contribution in [1.82, 2.24) is 0 Å². The molecule has 0 bridgehead atoms. The number of ketones is 1. The molecule has 2 aromatic rings. The van der Waals surface area contributed by atoms with Gasteiger partial charge in [0.05, 0.1) is 4.88 Å². The molecule has 2 heteroatoms. The number of rotatable bonds is 4. The van der Waals surface area contributed by atoms with Gasteiger partial charge in [-0.1, -0.05) is 24.3 Å². The molecule has 0 spiro atoms. The summed E-state index contributed by atoms with van der Waals surface area (Å²) in [4.78, 5) is 12.1. The van der Waals surface area contributed by atoms with Gasteiger partial charge in [-0.2, -0.15) is 0 Å². The minimum absolute atomic E-state index is 0.164. The van der Waals surface area contributed by atoms with Crippen LogP contribution in [-0.2, 0) is 12.8 Å². The highest BCUT2D eigenvalue weighted by Gasteiger charge is 2.04. The summed E-state index contributed by atoms with van der Waals surface area (Å²) in [7, 11) is 0. The molecule has 0 saturated heterocycles. The van der Waals surface area contributed by atoms with E-state index in [0.29, 0.717) is 0 Å². The molecular formula is C15H16OS. The van der Waals surface area contributed by atoms with Gasteiger partial charge in [0.25, 0.3) is 0 Å². The van der Waals surface area contributed by atoms with Crippen molar-refractivity contribution in [3.8, 4) is 0 Å². The zero-order valence-electron chi connectivity index (χ0n) is 10.2. The van der Waals surface area contributed by atoms with Gasteiger partial charge in [-0.05, 0) is 54.8 Å². The van der Waals surface area contributed by atoms with Crippen LogP contribution in [0.3, 0.4) is 0 Å². The monoisotopic (exact) mass is 244 g/mol. The van der Waals surface area contributed by atoms with Crippen molar-refractivity contribution >= 4 is 17.1 Å². The molecule has 0 amide bonds. The summed E-state index contributed by atoms with van der Waals surface area (Å²) in [6.45, 7) is 3.76. The minimum Gasteiger partial charge on any atom is -0.294 e. The molecule has 2 rings (SSSR count). The molecule has 1 aromatic carbocycles. The first-order valence-corrected chi connectivity index (χ1v) is 6.67. The average molecular weight is 244 g/mol. The summed E-state index contributed by atoms with van der Waals surface area (Å²) in [6.07, 6.45) is 2.05. The van der Waals surface area contributed by atoms with E-state index in [1.54, 1.807) is 18.3 Å². The molecule has 0 aliphatic carbocycles. The number of Topliss-reactive ketones (excluding diaryl/α,β-unsaturated/α-hetero) is 1. The third kappa shape index (κ3) is 3.04. The predicted octanol–water partition coefficient (Wildman–Crippen LogP) is 4.04. The van der Waals surface area contributed by atoms with Crippen LogP contribution in [0.5, 0.6) is 0 Å². The third-order valence-corrected chi connectivity index (χ3v) is 4.02. The topological polar surface area (TPSA) is 17.1 Å². The molecule has 88 valence electrons. The quantitative estimate of drug-likeness (QED) is 0.742. The number of benzene rings is 1. The zero-order chi connectivity index (χ0) is 12.3. The van der Waals surface area contributed by atoms with Gasteiger partial charge in [0.15, 0.2) is 5.78 Å². The lowest BCUT2D eigenvalue weighted by molar-refractivity contribution is 0.102. The molecule has 0 radical (unpaired) electrons. The minimum atomic E-state index is 0.164. The first-order valence-electron chi connectivity index (χ1n) is 5.79. The molecule has 0 aliphatic heterocycles. The maximum Gasteiger partial charge on any atom is 0.169 e. The fourth-order valence-corrected chi connectivity index (χ4v) is 2.71. The van der Waals surface area contributed by atoms with E-state index in [1.165, 1.54) is 16.7 Å². The van der Waals surface area contributed by atoms with Crippen molar-refractivity contribution in [2.45, 2.75) is 26.7 Å². The van der Waals surface area contributed by atoms with Crippen LogP contribution < -0.4 is 0 Å². The van der Waals surface area contributed by atoms with E-state index in [1.807, 2.05) is 6.07 Å². The lowest BCUT2D eigenvalue weighted by atomic mass is 10.0.